The first-order chi connectivity index (χ1) is 11.2. The highest BCUT2D eigenvalue weighted by atomic mass is 127. The number of rotatable bonds is 5. The molecule has 1 heterocycles. The zero-order chi connectivity index (χ0) is 17.8. The van der Waals surface area contributed by atoms with Gasteiger partial charge in [-0.15, -0.1) is 24.0 Å². The Kier molecular flexibility index (Phi) is 7.94. The molecule has 142 valence electrons. The lowest BCUT2D eigenvalue weighted by molar-refractivity contribution is 0.0694. The predicted molar refractivity (Wildman–Crippen MR) is 111 cm³/mol. The maximum absolute atomic E-state index is 11.1. The zero-order valence-electron chi connectivity index (χ0n) is 14.8. The van der Waals surface area contributed by atoms with Crippen LogP contribution in [0.1, 0.15) is 38.8 Å². The van der Waals surface area contributed by atoms with Crippen molar-refractivity contribution in [3.8, 4) is 5.75 Å². The van der Waals surface area contributed by atoms with Crippen LogP contribution in [0.4, 0.5) is 0 Å². The molecule has 0 amide bonds. The number of aliphatic imine (C=N–C) groups is 1. The number of nitrogens with zero attached hydrogens (tertiary/aromatic N) is 1. The van der Waals surface area contributed by atoms with E-state index in [-0.39, 0.29) is 47.9 Å². The fraction of sp³-hybridized carbons (Fsp3) is 0.562. The molecule has 4 N–H and O–H groups in total. The van der Waals surface area contributed by atoms with Crippen LogP contribution in [0.15, 0.2) is 29.3 Å². The number of fused-ring (bicyclic) bond motifs is 1. The van der Waals surface area contributed by atoms with Crippen LogP contribution in [0.5, 0.6) is 5.75 Å². The average molecular weight is 482 g/mol. The van der Waals surface area contributed by atoms with Crippen molar-refractivity contribution in [3.05, 3.63) is 29.8 Å². The maximum atomic E-state index is 11.1. The van der Waals surface area contributed by atoms with Crippen molar-refractivity contribution in [2.45, 2.75) is 38.8 Å². The van der Waals surface area contributed by atoms with Gasteiger partial charge in [-0.3, -0.25) is 4.99 Å². The number of hydrogen-bond acceptors (Lipinski definition) is 4. The number of ether oxygens (including phenoxy) is 1. The molecule has 0 aliphatic carbocycles. The summed E-state index contributed by atoms with van der Waals surface area (Å²) in [7, 11) is -3.52. The predicted octanol–water partition coefficient (Wildman–Crippen LogP) is 1.75. The van der Waals surface area contributed by atoms with Crippen molar-refractivity contribution >= 4 is 40.0 Å². The Labute approximate surface area is 166 Å². The highest BCUT2D eigenvalue weighted by molar-refractivity contribution is 14.0. The molecule has 25 heavy (non-hydrogen) atoms. The highest BCUT2D eigenvalue weighted by Gasteiger charge is 2.33. The normalized spacial score (nSPS) is 19.2. The molecule has 0 saturated carbocycles. The van der Waals surface area contributed by atoms with Gasteiger partial charge in [-0.25, -0.2) is 13.6 Å². The summed E-state index contributed by atoms with van der Waals surface area (Å²) in [5.41, 5.74) is 0.762. The Bertz CT molecular complexity index is 707. The number of guanidine groups is 1. The molecular weight excluding hydrogens is 455 g/mol. The third kappa shape index (κ3) is 6.98. The maximum Gasteiger partial charge on any atom is 0.210 e. The number of para-hydroxylation sites is 1. The van der Waals surface area contributed by atoms with Gasteiger partial charge in [0.25, 0.3) is 0 Å². The lowest BCUT2D eigenvalue weighted by Crippen LogP contribution is -2.45. The van der Waals surface area contributed by atoms with E-state index >= 15 is 0 Å². The van der Waals surface area contributed by atoms with Crippen LogP contribution in [0.2, 0.25) is 0 Å². The lowest BCUT2D eigenvalue weighted by Gasteiger charge is -2.38. The molecule has 0 radical (unpaired) electrons. The van der Waals surface area contributed by atoms with Crippen molar-refractivity contribution in [2.24, 2.45) is 10.1 Å². The van der Waals surface area contributed by atoms with E-state index in [1.807, 2.05) is 45.0 Å². The van der Waals surface area contributed by atoms with E-state index in [9.17, 15) is 8.42 Å². The molecule has 0 bridgehead atoms. The standard InChI is InChI=1S/C16H26N4O3S.HI/c1-4-18-15(19-9-10-24(17,21)22)20-13-11-16(2,3)23-14-8-6-5-7-12(13)14;/h5-8,13H,4,9-11H2,1-3H3,(H2,17,21,22)(H2,18,19,20);1H. The molecule has 1 aliphatic heterocycles. The Morgan fingerprint density at radius 3 is 2.72 bits per heavy atom. The van der Waals surface area contributed by atoms with Crippen molar-refractivity contribution in [2.75, 3.05) is 18.8 Å². The minimum absolute atomic E-state index is 0. The largest absolute Gasteiger partial charge is 0.487 e. The zero-order valence-corrected chi connectivity index (χ0v) is 17.9. The van der Waals surface area contributed by atoms with Crippen molar-refractivity contribution < 1.29 is 13.2 Å². The number of nitrogens with one attached hydrogen (secondary N) is 2. The van der Waals surface area contributed by atoms with Crippen LogP contribution in [0, 0.1) is 0 Å². The molecule has 7 nitrogen and oxygen atoms in total. The summed E-state index contributed by atoms with van der Waals surface area (Å²) in [6, 6.07) is 7.92. The first-order valence-electron chi connectivity index (χ1n) is 8.03. The topological polar surface area (TPSA) is 106 Å². The van der Waals surface area contributed by atoms with Gasteiger partial charge < -0.3 is 15.4 Å². The van der Waals surface area contributed by atoms with Gasteiger partial charge in [0, 0.05) is 18.5 Å². The number of sulfonamides is 1. The summed E-state index contributed by atoms with van der Waals surface area (Å²) in [6.07, 6.45) is 0.767. The summed E-state index contributed by atoms with van der Waals surface area (Å²) >= 11 is 0. The number of halogens is 1. The molecule has 9 heteroatoms. The van der Waals surface area contributed by atoms with E-state index < -0.39 is 10.0 Å². The summed E-state index contributed by atoms with van der Waals surface area (Å²) in [5, 5.41) is 11.5. The minimum atomic E-state index is -3.52. The van der Waals surface area contributed by atoms with Gasteiger partial charge in [-0.2, -0.15) is 0 Å². The monoisotopic (exact) mass is 482 g/mol. The van der Waals surface area contributed by atoms with Gasteiger partial charge in [0.15, 0.2) is 5.96 Å². The van der Waals surface area contributed by atoms with Crippen LogP contribution in [-0.2, 0) is 10.0 Å². The first kappa shape index (κ1) is 22.0. The van der Waals surface area contributed by atoms with Crippen LogP contribution in [0.25, 0.3) is 0 Å². The quantitative estimate of drug-likeness (QED) is 0.337. The molecule has 0 saturated heterocycles. The third-order valence-electron chi connectivity index (χ3n) is 3.68. The second kappa shape index (κ2) is 9.04. The fourth-order valence-corrected chi connectivity index (χ4v) is 3.05. The Morgan fingerprint density at radius 1 is 1.40 bits per heavy atom. The number of benzene rings is 1. The van der Waals surface area contributed by atoms with Crippen LogP contribution < -0.4 is 20.5 Å². The van der Waals surface area contributed by atoms with Gasteiger partial charge in [-0.1, -0.05) is 18.2 Å². The Hall–Kier alpha value is -1.07. The van der Waals surface area contributed by atoms with Gasteiger partial charge in [0.2, 0.25) is 10.0 Å². The number of hydrogen-bond donors (Lipinski definition) is 3. The molecular formula is C16H27IN4O3S. The Balaban J connectivity index is 0.00000312. The fourth-order valence-electron chi connectivity index (χ4n) is 2.70. The summed E-state index contributed by atoms with van der Waals surface area (Å²) < 4.78 is 28.1. The molecule has 2 rings (SSSR count). The summed E-state index contributed by atoms with van der Waals surface area (Å²) in [4.78, 5) is 4.31. The SMILES string of the molecule is CCNC(=NCCS(N)(=O)=O)NC1CC(C)(C)Oc2ccccc21.I. The number of nitrogens with two attached hydrogens (primary N) is 1. The number of primary sulfonamides is 1. The average Bonchev–Trinajstić information content (AvgIpc) is 2.45. The van der Waals surface area contributed by atoms with E-state index in [1.54, 1.807) is 0 Å². The third-order valence-corrected chi connectivity index (χ3v) is 4.43. The van der Waals surface area contributed by atoms with Gasteiger partial charge >= 0.3 is 0 Å². The van der Waals surface area contributed by atoms with Crippen LogP contribution in [0.3, 0.4) is 0 Å². The molecule has 0 spiro atoms. The molecule has 1 atom stereocenters. The van der Waals surface area contributed by atoms with E-state index in [4.69, 9.17) is 9.88 Å². The van der Waals surface area contributed by atoms with E-state index in [1.165, 1.54) is 0 Å². The molecule has 1 aliphatic rings. The smallest absolute Gasteiger partial charge is 0.210 e. The second-order valence-electron chi connectivity index (χ2n) is 6.43. The minimum Gasteiger partial charge on any atom is -0.487 e. The van der Waals surface area contributed by atoms with E-state index in [2.05, 4.69) is 15.6 Å². The van der Waals surface area contributed by atoms with Crippen LogP contribution in [-0.4, -0.2) is 38.8 Å². The summed E-state index contributed by atoms with van der Waals surface area (Å²) in [6.45, 7) is 6.84. The van der Waals surface area contributed by atoms with Gasteiger partial charge in [0.05, 0.1) is 18.3 Å². The molecule has 0 aromatic heterocycles. The van der Waals surface area contributed by atoms with Crippen molar-refractivity contribution in [1.82, 2.24) is 10.6 Å². The molecule has 1 aromatic rings. The van der Waals surface area contributed by atoms with Crippen molar-refractivity contribution in [3.63, 3.8) is 0 Å². The second-order valence-corrected chi connectivity index (χ2v) is 8.16. The Morgan fingerprint density at radius 2 is 2.08 bits per heavy atom. The highest BCUT2D eigenvalue weighted by Crippen LogP contribution is 2.39. The van der Waals surface area contributed by atoms with E-state index in [0.717, 1.165) is 17.7 Å². The van der Waals surface area contributed by atoms with Gasteiger partial charge in [0.1, 0.15) is 11.4 Å². The first-order valence-corrected chi connectivity index (χ1v) is 9.75. The molecule has 1 aromatic carbocycles. The summed E-state index contributed by atoms with van der Waals surface area (Å²) in [5.74, 6) is 1.24. The lowest BCUT2D eigenvalue weighted by atomic mass is 9.90. The van der Waals surface area contributed by atoms with Gasteiger partial charge in [-0.05, 0) is 26.8 Å². The molecule has 0 fully saturated rings. The molecule has 1 unspecified atom stereocenters. The van der Waals surface area contributed by atoms with Crippen molar-refractivity contribution in [1.29, 1.82) is 0 Å². The van der Waals surface area contributed by atoms with E-state index in [0.29, 0.717) is 12.5 Å². The van der Waals surface area contributed by atoms with Crippen LogP contribution >= 0.6 is 24.0 Å².